The van der Waals surface area contributed by atoms with E-state index in [4.69, 9.17) is 4.74 Å². The Morgan fingerprint density at radius 2 is 1.71 bits per heavy atom. The van der Waals surface area contributed by atoms with Gasteiger partial charge in [-0.15, -0.1) is 0 Å². The Morgan fingerprint density at radius 3 is 2.35 bits per heavy atom. The molecule has 0 amide bonds. The molecule has 1 aliphatic heterocycles. The average molecular weight is 232 g/mol. The first-order valence-corrected chi connectivity index (χ1v) is 7.05. The zero-order valence-corrected chi connectivity index (χ0v) is 11.2. The fraction of sp³-hybridized carbons (Fsp3) is 0.625. The minimum Gasteiger partial charge on any atom is -0.366 e. The summed E-state index contributed by atoms with van der Waals surface area (Å²) in [6, 6.07) is 8.76. The van der Waals surface area contributed by atoms with Gasteiger partial charge in [0.05, 0.1) is 12.2 Å². The van der Waals surface area contributed by atoms with Crippen molar-refractivity contribution in [3.05, 3.63) is 35.4 Å². The van der Waals surface area contributed by atoms with Gasteiger partial charge in [-0.3, -0.25) is 0 Å². The van der Waals surface area contributed by atoms with Gasteiger partial charge in [0.1, 0.15) is 0 Å². The van der Waals surface area contributed by atoms with Crippen LogP contribution in [-0.2, 0) is 16.9 Å². The van der Waals surface area contributed by atoms with E-state index in [2.05, 4.69) is 38.1 Å². The van der Waals surface area contributed by atoms with E-state index in [0.29, 0.717) is 0 Å². The number of benzene rings is 1. The zero-order chi connectivity index (χ0) is 12.1. The summed E-state index contributed by atoms with van der Waals surface area (Å²) >= 11 is 0. The summed E-state index contributed by atoms with van der Waals surface area (Å²) in [4.78, 5) is 0. The Morgan fingerprint density at radius 1 is 1.06 bits per heavy atom. The number of hydrogen-bond acceptors (Lipinski definition) is 1. The summed E-state index contributed by atoms with van der Waals surface area (Å²) < 4.78 is 6.22. The maximum atomic E-state index is 6.22. The molecule has 0 saturated heterocycles. The van der Waals surface area contributed by atoms with E-state index in [-0.39, 0.29) is 5.60 Å². The molecule has 0 aliphatic carbocycles. The molecule has 0 bridgehead atoms. The van der Waals surface area contributed by atoms with Gasteiger partial charge in [-0.2, -0.15) is 0 Å². The SMILES string of the molecule is CCCCC1(CCCC)OCc2ccccc21. The van der Waals surface area contributed by atoms with Gasteiger partial charge in [0.15, 0.2) is 0 Å². The summed E-state index contributed by atoms with van der Waals surface area (Å²) in [6.45, 7) is 5.33. The second kappa shape index (κ2) is 5.68. The molecular weight excluding hydrogens is 208 g/mol. The van der Waals surface area contributed by atoms with Crippen LogP contribution in [0.3, 0.4) is 0 Å². The van der Waals surface area contributed by atoms with Gasteiger partial charge in [0.2, 0.25) is 0 Å². The second-order valence-corrected chi connectivity index (χ2v) is 5.15. The number of rotatable bonds is 6. The van der Waals surface area contributed by atoms with Crippen LogP contribution in [0, 0.1) is 0 Å². The molecule has 1 nitrogen and oxygen atoms in total. The monoisotopic (exact) mass is 232 g/mol. The number of hydrogen-bond donors (Lipinski definition) is 0. The quantitative estimate of drug-likeness (QED) is 0.685. The summed E-state index contributed by atoms with van der Waals surface area (Å²) in [5, 5.41) is 0. The first-order valence-electron chi connectivity index (χ1n) is 7.05. The molecule has 1 aromatic rings. The van der Waals surface area contributed by atoms with Crippen LogP contribution in [-0.4, -0.2) is 0 Å². The Labute approximate surface area is 105 Å². The maximum Gasteiger partial charge on any atom is 0.0939 e. The van der Waals surface area contributed by atoms with Crippen LogP contribution in [0.15, 0.2) is 24.3 Å². The number of unbranched alkanes of at least 4 members (excludes halogenated alkanes) is 2. The van der Waals surface area contributed by atoms with Gasteiger partial charge in [-0.25, -0.2) is 0 Å². The van der Waals surface area contributed by atoms with Crippen LogP contribution >= 0.6 is 0 Å². The van der Waals surface area contributed by atoms with E-state index in [1.807, 2.05) is 0 Å². The van der Waals surface area contributed by atoms with E-state index < -0.39 is 0 Å². The average Bonchev–Trinajstić information content (AvgIpc) is 2.74. The fourth-order valence-corrected chi connectivity index (χ4v) is 2.85. The van der Waals surface area contributed by atoms with Crippen LogP contribution in [0.4, 0.5) is 0 Å². The minimum absolute atomic E-state index is 0.0304. The van der Waals surface area contributed by atoms with Crippen molar-refractivity contribution in [2.45, 2.75) is 64.6 Å². The van der Waals surface area contributed by atoms with Gasteiger partial charge >= 0.3 is 0 Å². The molecule has 0 aromatic heterocycles. The molecule has 1 aromatic carbocycles. The summed E-state index contributed by atoms with van der Waals surface area (Å²) in [5.74, 6) is 0. The predicted molar refractivity (Wildman–Crippen MR) is 72.0 cm³/mol. The molecule has 1 heteroatoms. The van der Waals surface area contributed by atoms with Crippen LogP contribution < -0.4 is 0 Å². The highest BCUT2D eigenvalue weighted by molar-refractivity contribution is 5.35. The van der Waals surface area contributed by atoms with E-state index in [1.165, 1.54) is 49.7 Å². The molecule has 0 atom stereocenters. The Hall–Kier alpha value is -0.820. The smallest absolute Gasteiger partial charge is 0.0939 e. The predicted octanol–water partition coefficient (Wildman–Crippen LogP) is 4.79. The van der Waals surface area contributed by atoms with E-state index in [0.717, 1.165) is 6.61 Å². The zero-order valence-electron chi connectivity index (χ0n) is 11.2. The Bertz CT molecular complexity index is 348. The van der Waals surface area contributed by atoms with Gasteiger partial charge < -0.3 is 4.74 Å². The summed E-state index contributed by atoms with van der Waals surface area (Å²) in [6.07, 6.45) is 7.38. The van der Waals surface area contributed by atoms with Crippen molar-refractivity contribution in [2.75, 3.05) is 0 Å². The van der Waals surface area contributed by atoms with Crippen molar-refractivity contribution in [1.82, 2.24) is 0 Å². The molecular formula is C16H24O. The van der Waals surface area contributed by atoms with Crippen molar-refractivity contribution in [3.8, 4) is 0 Å². The largest absolute Gasteiger partial charge is 0.366 e. The third-order valence-corrected chi connectivity index (χ3v) is 3.88. The van der Waals surface area contributed by atoms with Crippen LogP contribution in [0.25, 0.3) is 0 Å². The maximum absolute atomic E-state index is 6.22. The molecule has 0 unspecified atom stereocenters. The van der Waals surface area contributed by atoms with Gasteiger partial charge in [-0.1, -0.05) is 63.8 Å². The van der Waals surface area contributed by atoms with E-state index in [9.17, 15) is 0 Å². The molecule has 0 spiro atoms. The van der Waals surface area contributed by atoms with Gasteiger partial charge in [-0.05, 0) is 24.0 Å². The Kier molecular flexibility index (Phi) is 4.22. The first-order chi connectivity index (χ1) is 8.32. The molecule has 0 radical (unpaired) electrons. The van der Waals surface area contributed by atoms with Crippen molar-refractivity contribution >= 4 is 0 Å². The van der Waals surface area contributed by atoms with Crippen molar-refractivity contribution in [2.24, 2.45) is 0 Å². The highest BCUT2D eigenvalue weighted by atomic mass is 16.5. The highest BCUT2D eigenvalue weighted by Crippen LogP contribution is 2.43. The molecule has 94 valence electrons. The molecule has 0 fully saturated rings. The third kappa shape index (κ3) is 2.55. The molecule has 2 rings (SSSR count). The molecule has 0 saturated carbocycles. The first kappa shape index (κ1) is 12.6. The lowest BCUT2D eigenvalue weighted by Gasteiger charge is -2.30. The van der Waals surface area contributed by atoms with Crippen molar-refractivity contribution < 1.29 is 4.74 Å². The lowest BCUT2D eigenvalue weighted by Crippen LogP contribution is -2.25. The topological polar surface area (TPSA) is 9.23 Å². The summed E-state index contributed by atoms with van der Waals surface area (Å²) in [5.41, 5.74) is 2.89. The third-order valence-electron chi connectivity index (χ3n) is 3.88. The minimum atomic E-state index is 0.0304. The van der Waals surface area contributed by atoms with Crippen molar-refractivity contribution in [3.63, 3.8) is 0 Å². The molecule has 1 heterocycles. The van der Waals surface area contributed by atoms with E-state index in [1.54, 1.807) is 0 Å². The highest BCUT2D eigenvalue weighted by Gasteiger charge is 2.38. The fourth-order valence-electron chi connectivity index (χ4n) is 2.85. The Balaban J connectivity index is 2.22. The lowest BCUT2D eigenvalue weighted by atomic mass is 9.83. The summed E-state index contributed by atoms with van der Waals surface area (Å²) in [7, 11) is 0. The standard InChI is InChI=1S/C16H24O/c1-3-5-11-16(12-6-4-2)15-10-8-7-9-14(15)13-17-16/h7-10H,3-6,11-13H2,1-2H3. The number of fused-ring (bicyclic) bond motifs is 1. The van der Waals surface area contributed by atoms with Gasteiger partial charge in [0, 0.05) is 0 Å². The number of ether oxygens (including phenoxy) is 1. The van der Waals surface area contributed by atoms with Gasteiger partial charge in [0.25, 0.3) is 0 Å². The molecule has 0 N–H and O–H groups in total. The normalized spacial score (nSPS) is 17.1. The lowest BCUT2D eigenvalue weighted by molar-refractivity contribution is -0.0536. The van der Waals surface area contributed by atoms with E-state index >= 15 is 0 Å². The molecule has 1 aliphatic rings. The second-order valence-electron chi connectivity index (χ2n) is 5.15. The van der Waals surface area contributed by atoms with Crippen molar-refractivity contribution in [1.29, 1.82) is 0 Å². The molecule has 17 heavy (non-hydrogen) atoms. The van der Waals surface area contributed by atoms with Crippen LogP contribution in [0.5, 0.6) is 0 Å². The van der Waals surface area contributed by atoms with Crippen LogP contribution in [0.1, 0.15) is 63.5 Å². The van der Waals surface area contributed by atoms with Crippen LogP contribution in [0.2, 0.25) is 0 Å².